The number of rotatable bonds is 4. The van der Waals surface area contributed by atoms with E-state index in [9.17, 15) is 13.2 Å². The van der Waals surface area contributed by atoms with Gasteiger partial charge in [-0.2, -0.15) is 0 Å². The lowest BCUT2D eigenvalue weighted by Crippen LogP contribution is -2.14. The maximum Gasteiger partial charge on any atom is 0.335 e. The van der Waals surface area contributed by atoms with Gasteiger partial charge in [-0.15, -0.1) is 0 Å². The van der Waals surface area contributed by atoms with Crippen molar-refractivity contribution in [2.75, 3.05) is 4.72 Å². The van der Waals surface area contributed by atoms with Crippen molar-refractivity contribution in [3.8, 4) is 0 Å². The number of benzene rings is 1. The van der Waals surface area contributed by atoms with Crippen LogP contribution >= 0.6 is 27.5 Å². The number of pyridine rings is 1. The Labute approximate surface area is 134 Å². The van der Waals surface area contributed by atoms with Gasteiger partial charge in [0.25, 0.3) is 10.0 Å². The van der Waals surface area contributed by atoms with Crippen molar-refractivity contribution in [3.63, 3.8) is 0 Å². The van der Waals surface area contributed by atoms with Gasteiger partial charge in [0.15, 0.2) is 0 Å². The SMILES string of the molecule is O=C(O)c1ccc(S(=O)(=O)Nc2ccc(Cl)cn2)c(Br)c1. The molecule has 9 heteroatoms. The summed E-state index contributed by atoms with van der Waals surface area (Å²) in [6.07, 6.45) is 1.31. The van der Waals surface area contributed by atoms with Crippen LogP contribution in [0.2, 0.25) is 5.02 Å². The molecule has 2 N–H and O–H groups in total. The first-order valence-electron chi connectivity index (χ1n) is 5.47. The average Bonchev–Trinajstić information content (AvgIpc) is 2.40. The first-order valence-corrected chi connectivity index (χ1v) is 8.12. The molecule has 0 aliphatic heterocycles. The van der Waals surface area contributed by atoms with Crippen LogP contribution in [-0.4, -0.2) is 24.5 Å². The second kappa shape index (κ2) is 6.00. The molecule has 0 fully saturated rings. The quantitative estimate of drug-likeness (QED) is 0.835. The number of aromatic carboxylic acids is 1. The van der Waals surface area contributed by atoms with E-state index in [1.54, 1.807) is 0 Å². The van der Waals surface area contributed by atoms with E-state index in [0.717, 1.165) is 0 Å². The molecule has 0 aliphatic rings. The molecule has 0 bridgehead atoms. The van der Waals surface area contributed by atoms with Crippen LogP contribution in [0.25, 0.3) is 0 Å². The van der Waals surface area contributed by atoms with Gasteiger partial charge in [0, 0.05) is 10.7 Å². The molecule has 1 aromatic heterocycles. The Bertz CT molecular complexity index is 793. The molecular weight excluding hydrogens is 384 g/mol. The number of aromatic nitrogens is 1. The predicted octanol–water partition coefficient (Wildman–Crippen LogP) is 3.00. The molecule has 0 amide bonds. The van der Waals surface area contributed by atoms with Crippen molar-refractivity contribution in [3.05, 3.63) is 51.6 Å². The summed E-state index contributed by atoms with van der Waals surface area (Å²) in [6.45, 7) is 0. The molecule has 6 nitrogen and oxygen atoms in total. The first-order chi connectivity index (χ1) is 9.79. The van der Waals surface area contributed by atoms with E-state index in [0.29, 0.717) is 5.02 Å². The minimum Gasteiger partial charge on any atom is -0.478 e. The Hall–Kier alpha value is -1.64. The molecule has 2 aromatic rings. The van der Waals surface area contributed by atoms with E-state index in [2.05, 4.69) is 25.6 Å². The van der Waals surface area contributed by atoms with Gasteiger partial charge in [0.2, 0.25) is 0 Å². The van der Waals surface area contributed by atoms with E-state index >= 15 is 0 Å². The third-order valence-corrected chi connectivity index (χ3v) is 4.99. The number of sulfonamides is 1. The zero-order valence-electron chi connectivity index (χ0n) is 10.2. The summed E-state index contributed by atoms with van der Waals surface area (Å²) in [7, 11) is -3.89. The number of carboxylic acids is 1. The van der Waals surface area contributed by atoms with Crippen molar-refractivity contribution in [2.45, 2.75) is 4.90 Å². The summed E-state index contributed by atoms with van der Waals surface area (Å²) in [5.41, 5.74) is -0.0227. The average molecular weight is 392 g/mol. The number of hydrogen-bond donors (Lipinski definition) is 2. The summed E-state index contributed by atoms with van der Waals surface area (Å²) in [5, 5.41) is 9.24. The van der Waals surface area contributed by atoms with Crippen LogP contribution < -0.4 is 4.72 Å². The zero-order chi connectivity index (χ0) is 15.6. The fourth-order valence-electron chi connectivity index (χ4n) is 1.48. The normalized spacial score (nSPS) is 11.1. The minimum atomic E-state index is -3.89. The maximum atomic E-state index is 12.2. The largest absolute Gasteiger partial charge is 0.478 e. The zero-order valence-corrected chi connectivity index (χ0v) is 13.4. The molecular formula is C12H8BrClN2O4S. The van der Waals surface area contributed by atoms with Crippen molar-refractivity contribution in [1.82, 2.24) is 4.98 Å². The van der Waals surface area contributed by atoms with Crippen molar-refractivity contribution < 1.29 is 18.3 Å². The van der Waals surface area contributed by atoms with Crippen molar-refractivity contribution in [1.29, 1.82) is 0 Å². The molecule has 110 valence electrons. The van der Waals surface area contributed by atoms with Gasteiger partial charge >= 0.3 is 5.97 Å². The van der Waals surface area contributed by atoms with Crippen LogP contribution in [0.3, 0.4) is 0 Å². The van der Waals surface area contributed by atoms with Crippen molar-refractivity contribution >= 4 is 49.3 Å². The number of nitrogens with zero attached hydrogens (tertiary/aromatic N) is 1. The number of nitrogens with one attached hydrogen (secondary N) is 1. The van der Waals surface area contributed by atoms with Gasteiger partial charge in [0.05, 0.1) is 10.6 Å². The van der Waals surface area contributed by atoms with Gasteiger partial charge in [-0.3, -0.25) is 4.72 Å². The van der Waals surface area contributed by atoms with E-state index in [4.69, 9.17) is 16.7 Å². The molecule has 21 heavy (non-hydrogen) atoms. The van der Waals surface area contributed by atoms with Crippen LogP contribution in [0.1, 0.15) is 10.4 Å². The number of anilines is 1. The molecule has 0 spiro atoms. The smallest absolute Gasteiger partial charge is 0.335 e. The second-order valence-corrected chi connectivity index (χ2v) is 6.86. The van der Waals surface area contributed by atoms with Gasteiger partial charge < -0.3 is 5.11 Å². The van der Waals surface area contributed by atoms with Gasteiger partial charge in [-0.05, 0) is 46.3 Å². The standard InChI is InChI=1S/C12H8BrClN2O4S/c13-9-5-7(12(17)18)1-3-10(9)21(19,20)16-11-4-2-8(14)6-15-11/h1-6H,(H,15,16)(H,17,18). The third kappa shape index (κ3) is 3.72. The lowest BCUT2D eigenvalue weighted by atomic mass is 10.2. The molecule has 1 heterocycles. The summed E-state index contributed by atoms with van der Waals surface area (Å²) in [5.74, 6) is -1.04. The van der Waals surface area contributed by atoms with E-state index < -0.39 is 16.0 Å². The highest BCUT2D eigenvalue weighted by atomic mass is 79.9. The molecule has 2 rings (SSSR count). The van der Waals surface area contributed by atoms with Gasteiger partial charge in [-0.1, -0.05) is 11.6 Å². The third-order valence-electron chi connectivity index (χ3n) is 2.43. The summed E-state index contributed by atoms with van der Waals surface area (Å²) in [6, 6.07) is 6.53. The highest BCUT2D eigenvalue weighted by Gasteiger charge is 2.19. The lowest BCUT2D eigenvalue weighted by molar-refractivity contribution is 0.0696. The van der Waals surface area contributed by atoms with Crippen molar-refractivity contribution in [2.24, 2.45) is 0 Å². The van der Waals surface area contributed by atoms with E-state index in [-0.39, 0.29) is 20.7 Å². The van der Waals surface area contributed by atoms with Crippen LogP contribution in [-0.2, 0) is 10.0 Å². The van der Waals surface area contributed by atoms with E-state index in [1.807, 2.05) is 0 Å². The minimum absolute atomic E-state index is 0.0227. The topological polar surface area (TPSA) is 96.4 Å². The Morgan fingerprint density at radius 1 is 1.29 bits per heavy atom. The Kier molecular flexibility index (Phi) is 4.50. The number of carbonyl (C=O) groups is 1. The fraction of sp³-hybridized carbons (Fsp3) is 0. The molecule has 0 aliphatic carbocycles. The van der Waals surface area contributed by atoms with E-state index in [1.165, 1.54) is 36.5 Å². The maximum absolute atomic E-state index is 12.2. The highest BCUT2D eigenvalue weighted by Crippen LogP contribution is 2.25. The summed E-state index contributed by atoms with van der Waals surface area (Å²) >= 11 is 8.72. The molecule has 0 unspecified atom stereocenters. The monoisotopic (exact) mass is 390 g/mol. The van der Waals surface area contributed by atoms with Crippen LogP contribution in [0, 0.1) is 0 Å². The summed E-state index contributed by atoms with van der Waals surface area (Å²) in [4.78, 5) is 14.6. The number of hydrogen-bond acceptors (Lipinski definition) is 4. The van der Waals surface area contributed by atoms with Crippen LogP contribution in [0.4, 0.5) is 5.82 Å². The van der Waals surface area contributed by atoms with Crippen LogP contribution in [0.15, 0.2) is 45.9 Å². The number of halogens is 2. The van der Waals surface area contributed by atoms with Gasteiger partial charge in [-0.25, -0.2) is 18.2 Å². The number of carboxylic acid groups (broad SMARTS) is 1. The predicted molar refractivity (Wildman–Crippen MR) is 81.2 cm³/mol. The van der Waals surface area contributed by atoms with Crippen LogP contribution in [0.5, 0.6) is 0 Å². The molecule has 0 radical (unpaired) electrons. The Morgan fingerprint density at radius 2 is 2.00 bits per heavy atom. The lowest BCUT2D eigenvalue weighted by Gasteiger charge is -2.09. The Morgan fingerprint density at radius 3 is 2.52 bits per heavy atom. The molecule has 0 saturated heterocycles. The fourth-order valence-corrected chi connectivity index (χ4v) is 3.68. The second-order valence-electron chi connectivity index (χ2n) is 3.92. The highest BCUT2D eigenvalue weighted by molar-refractivity contribution is 9.10. The molecule has 0 saturated carbocycles. The molecule has 0 atom stereocenters. The Balaban J connectivity index is 2.35. The first kappa shape index (κ1) is 15.7. The summed E-state index contributed by atoms with van der Waals surface area (Å²) < 4.78 is 26.9. The van der Waals surface area contributed by atoms with Gasteiger partial charge in [0.1, 0.15) is 10.7 Å². The molecule has 1 aromatic carbocycles.